The van der Waals surface area contributed by atoms with E-state index in [0.717, 1.165) is 0 Å². The van der Waals surface area contributed by atoms with Crippen molar-refractivity contribution in [2.45, 2.75) is 5.34 Å². The Morgan fingerprint density at radius 2 is 1.43 bits per heavy atom. The summed E-state index contributed by atoms with van der Waals surface area (Å²) in [5, 5.41) is 9.11. The first-order valence-electron chi connectivity index (χ1n) is 6.23. The first kappa shape index (κ1) is 15.9. The van der Waals surface area contributed by atoms with Gasteiger partial charge in [0.2, 0.25) is 5.34 Å². The molecule has 0 amide bonds. The third-order valence-corrected chi connectivity index (χ3v) is 5.57. The Hall–Kier alpha value is -1.52. The SMILES string of the molecule is COP(=O)(OC)C(O)(c1ccccc1)c1ccc(F)cc1. The number of halogens is 1. The molecule has 0 aliphatic heterocycles. The molecule has 112 valence electrons. The van der Waals surface area contributed by atoms with Gasteiger partial charge in [0, 0.05) is 25.3 Å². The highest BCUT2D eigenvalue weighted by molar-refractivity contribution is 7.55. The zero-order valence-corrected chi connectivity index (χ0v) is 12.6. The minimum absolute atomic E-state index is 0.224. The molecule has 1 atom stereocenters. The normalized spacial score (nSPS) is 14.7. The van der Waals surface area contributed by atoms with E-state index in [-0.39, 0.29) is 5.56 Å². The molecule has 2 rings (SSSR count). The Bertz CT molecular complexity index is 636. The Labute approximate surface area is 122 Å². The van der Waals surface area contributed by atoms with Crippen LogP contribution in [0, 0.1) is 5.82 Å². The van der Waals surface area contributed by atoms with Crippen LogP contribution in [-0.4, -0.2) is 19.3 Å². The summed E-state index contributed by atoms with van der Waals surface area (Å²) in [5.41, 5.74) is 0.561. The molecule has 2 aromatic rings. The number of benzene rings is 2. The van der Waals surface area contributed by atoms with Crippen molar-refractivity contribution in [3.05, 3.63) is 71.5 Å². The quantitative estimate of drug-likeness (QED) is 0.859. The van der Waals surface area contributed by atoms with Gasteiger partial charge in [-0.2, -0.15) is 0 Å². The van der Waals surface area contributed by atoms with Crippen LogP contribution >= 0.6 is 7.60 Å². The van der Waals surface area contributed by atoms with Gasteiger partial charge >= 0.3 is 7.60 Å². The highest BCUT2D eigenvalue weighted by Crippen LogP contribution is 2.65. The van der Waals surface area contributed by atoms with Gasteiger partial charge in [0.05, 0.1) is 0 Å². The van der Waals surface area contributed by atoms with Crippen molar-refractivity contribution >= 4 is 7.60 Å². The van der Waals surface area contributed by atoms with E-state index in [1.165, 1.54) is 38.5 Å². The maximum Gasteiger partial charge on any atom is 0.370 e. The monoisotopic (exact) mass is 310 g/mol. The summed E-state index contributed by atoms with van der Waals surface area (Å²) in [5.74, 6) is -0.459. The van der Waals surface area contributed by atoms with Crippen molar-refractivity contribution < 1.29 is 23.1 Å². The van der Waals surface area contributed by atoms with E-state index in [0.29, 0.717) is 5.56 Å². The van der Waals surface area contributed by atoms with Crippen molar-refractivity contribution in [2.24, 2.45) is 0 Å². The number of hydrogen-bond donors (Lipinski definition) is 1. The summed E-state index contributed by atoms with van der Waals surface area (Å²) >= 11 is 0. The summed E-state index contributed by atoms with van der Waals surface area (Å²) in [6.07, 6.45) is 0. The molecule has 2 aromatic carbocycles. The molecule has 0 radical (unpaired) electrons. The van der Waals surface area contributed by atoms with Gasteiger partial charge in [-0.3, -0.25) is 4.57 Å². The lowest BCUT2D eigenvalue weighted by Crippen LogP contribution is -2.29. The number of aliphatic hydroxyl groups is 1. The summed E-state index contributed by atoms with van der Waals surface area (Å²) in [6.45, 7) is 0. The molecule has 1 N–H and O–H groups in total. The third-order valence-electron chi connectivity index (χ3n) is 3.30. The average molecular weight is 310 g/mol. The van der Waals surface area contributed by atoms with Gasteiger partial charge in [-0.1, -0.05) is 42.5 Å². The second kappa shape index (κ2) is 6.08. The predicted octanol–water partition coefficient (Wildman–Crippen LogP) is 3.51. The molecular formula is C15H16FO4P. The van der Waals surface area contributed by atoms with Crippen molar-refractivity contribution in [2.75, 3.05) is 14.2 Å². The molecule has 0 spiro atoms. The lowest BCUT2D eigenvalue weighted by Gasteiger charge is -2.34. The average Bonchev–Trinajstić information content (AvgIpc) is 2.54. The minimum atomic E-state index is -3.93. The van der Waals surface area contributed by atoms with E-state index in [2.05, 4.69) is 0 Å². The van der Waals surface area contributed by atoms with E-state index in [4.69, 9.17) is 9.05 Å². The summed E-state index contributed by atoms with van der Waals surface area (Å²) < 4.78 is 36.0. The molecule has 1 unspecified atom stereocenters. The van der Waals surface area contributed by atoms with Crippen molar-refractivity contribution in [1.29, 1.82) is 0 Å². The molecule has 4 nitrogen and oxygen atoms in total. The fourth-order valence-corrected chi connectivity index (χ4v) is 3.78. The zero-order chi connectivity index (χ0) is 15.5. The smallest absolute Gasteiger partial charge is 0.370 e. The molecule has 0 saturated carbocycles. The highest BCUT2D eigenvalue weighted by atomic mass is 31.2. The molecule has 0 bridgehead atoms. The van der Waals surface area contributed by atoms with E-state index in [1.807, 2.05) is 0 Å². The first-order chi connectivity index (χ1) is 9.98. The van der Waals surface area contributed by atoms with Gasteiger partial charge in [-0.05, 0) is 12.1 Å². The Morgan fingerprint density at radius 3 is 1.90 bits per heavy atom. The maximum atomic E-state index is 13.1. The first-order valence-corrected chi connectivity index (χ1v) is 7.78. The number of rotatable bonds is 5. The zero-order valence-electron chi connectivity index (χ0n) is 11.7. The van der Waals surface area contributed by atoms with Gasteiger partial charge in [0.15, 0.2) is 0 Å². The third kappa shape index (κ3) is 2.65. The van der Waals surface area contributed by atoms with Crippen molar-refractivity contribution in [1.82, 2.24) is 0 Å². The van der Waals surface area contributed by atoms with Gasteiger partial charge in [-0.15, -0.1) is 0 Å². The second-order valence-corrected chi connectivity index (χ2v) is 6.78. The van der Waals surface area contributed by atoms with Crippen LogP contribution in [0.1, 0.15) is 11.1 Å². The van der Waals surface area contributed by atoms with Crippen LogP contribution in [0.5, 0.6) is 0 Å². The Kier molecular flexibility index (Phi) is 4.59. The molecule has 0 aromatic heterocycles. The highest BCUT2D eigenvalue weighted by Gasteiger charge is 2.51. The van der Waals surface area contributed by atoms with E-state index in [9.17, 15) is 14.1 Å². The lowest BCUT2D eigenvalue weighted by molar-refractivity contribution is 0.111. The summed E-state index contributed by atoms with van der Waals surface area (Å²) in [7, 11) is -1.54. The topological polar surface area (TPSA) is 55.8 Å². The van der Waals surface area contributed by atoms with E-state index >= 15 is 0 Å². The van der Waals surface area contributed by atoms with Crippen LogP contribution < -0.4 is 0 Å². The van der Waals surface area contributed by atoms with Gasteiger partial charge in [0.25, 0.3) is 0 Å². The molecule has 21 heavy (non-hydrogen) atoms. The molecule has 0 saturated heterocycles. The fraction of sp³-hybridized carbons (Fsp3) is 0.200. The van der Waals surface area contributed by atoms with Crippen LogP contribution in [0.2, 0.25) is 0 Å². The number of hydrogen-bond acceptors (Lipinski definition) is 4. The van der Waals surface area contributed by atoms with Crippen molar-refractivity contribution in [3.8, 4) is 0 Å². The van der Waals surface area contributed by atoms with Crippen molar-refractivity contribution in [3.63, 3.8) is 0 Å². The largest absolute Gasteiger partial charge is 0.370 e. The van der Waals surface area contributed by atoms with Gasteiger partial charge < -0.3 is 14.2 Å². The summed E-state index contributed by atoms with van der Waals surface area (Å²) in [4.78, 5) is 0. The van der Waals surface area contributed by atoms with E-state index < -0.39 is 18.8 Å². The fourth-order valence-electron chi connectivity index (χ4n) is 2.17. The van der Waals surface area contributed by atoms with Crippen LogP contribution in [0.15, 0.2) is 54.6 Å². The molecule has 0 aliphatic carbocycles. The minimum Gasteiger partial charge on any atom is -0.370 e. The summed E-state index contributed by atoms with van der Waals surface area (Å²) in [6, 6.07) is 13.4. The molecule has 6 heteroatoms. The van der Waals surface area contributed by atoms with Crippen LogP contribution in [0.25, 0.3) is 0 Å². The van der Waals surface area contributed by atoms with Crippen LogP contribution in [0.3, 0.4) is 0 Å². The standard InChI is InChI=1S/C15H16FO4P/c1-19-21(18,20-2)15(17,12-6-4-3-5-7-12)13-8-10-14(16)11-9-13/h3-11,17H,1-2H3. The predicted molar refractivity (Wildman–Crippen MR) is 77.5 cm³/mol. The Morgan fingerprint density at radius 1 is 0.952 bits per heavy atom. The molecule has 0 fully saturated rings. The molecule has 0 aliphatic rings. The molecule has 0 heterocycles. The maximum absolute atomic E-state index is 13.1. The van der Waals surface area contributed by atoms with Gasteiger partial charge in [0.1, 0.15) is 5.82 Å². The van der Waals surface area contributed by atoms with Crippen LogP contribution in [-0.2, 0) is 19.0 Å². The lowest BCUT2D eigenvalue weighted by atomic mass is 10.0. The molecular weight excluding hydrogens is 294 g/mol. The van der Waals surface area contributed by atoms with E-state index in [1.54, 1.807) is 30.3 Å². The van der Waals surface area contributed by atoms with Gasteiger partial charge in [-0.25, -0.2) is 4.39 Å². The second-order valence-electron chi connectivity index (χ2n) is 4.41. The van der Waals surface area contributed by atoms with Crippen LogP contribution in [0.4, 0.5) is 4.39 Å². The Balaban J connectivity index is 2.71.